The third-order valence-corrected chi connectivity index (χ3v) is 8.35. The average Bonchev–Trinajstić information content (AvgIpc) is 2.79. The van der Waals surface area contributed by atoms with E-state index in [9.17, 15) is 4.79 Å². The molecule has 5 nitrogen and oxygen atoms in total. The van der Waals surface area contributed by atoms with Crippen molar-refractivity contribution >= 4 is 23.0 Å². The lowest BCUT2D eigenvalue weighted by atomic mass is 9.49. The molecule has 1 saturated carbocycles. The predicted molar refractivity (Wildman–Crippen MR) is 134 cm³/mol. The number of anilines is 3. The van der Waals surface area contributed by atoms with Crippen molar-refractivity contribution in [2.75, 3.05) is 25.3 Å². The maximum atomic E-state index is 12.9. The van der Waals surface area contributed by atoms with Crippen LogP contribution in [0.4, 0.5) is 17.1 Å². The lowest BCUT2D eigenvalue weighted by Crippen LogP contribution is -2.52. The van der Waals surface area contributed by atoms with Crippen molar-refractivity contribution in [3.8, 4) is 5.75 Å². The highest BCUT2D eigenvalue weighted by Crippen LogP contribution is 2.59. The normalized spacial score (nSPS) is 26.3. The Balaban J connectivity index is 1.88. The van der Waals surface area contributed by atoms with Gasteiger partial charge in [-0.3, -0.25) is 4.79 Å². The van der Waals surface area contributed by atoms with E-state index in [1.807, 2.05) is 24.3 Å². The molecule has 0 spiro atoms. The first-order valence-electron chi connectivity index (χ1n) is 12.1. The first-order chi connectivity index (χ1) is 15.7. The van der Waals surface area contributed by atoms with Crippen LogP contribution in [0.1, 0.15) is 76.0 Å². The summed E-state index contributed by atoms with van der Waals surface area (Å²) in [6, 6.07) is 10.3. The largest absolute Gasteiger partial charge is 0.495 e. The molecule has 0 unspecified atom stereocenters. The SMILES string of the molecule is COC(=O)[C@]1(C)CCC[C@]2(C)c3cc(Nc4ccccc4OC)c(C(C)C)c(N)c3CC[C@@H]12. The Labute approximate surface area is 198 Å². The minimum Gasteiger partial charge on any atom is -0.495 e. The van der Waals surface area contributed by atoms with Gasteiger partial charge in [-0.2, -0.15) is 0 Å². The molecule has 178 valence electrons. The Morgan fingerprint density at radius 3 is 2.55 bits per heavy atom. The van der Waals surface area contributed by atoms with Gasteiger partial charge in [0.1, 0.15) is 5.75 Å². The Hall–Kier alpha value is -2.69. The molecular weight excluding hydrogens is 412 g/mol. The Kier molecular flexibility index (Phi) is 6.10. The minimum atomic E-state index is -0.471. The first kappa shape index (κ1) is 23.5. The first-order valence-corrected chi connectivity index (χ1v) is 12.1. The number of para-hydroxylation sites is 2. The Morgan fingerprint density at radius 1 is 1.15 bits per heavy atom. The van der Waals surface area contributed by atoms with Gasteiger partial charge in [0.2, 0.25) is 0 Å². The van der Waals surface area contributed by atoms with Crippen LogP contribution in [0, 0.1) is 11.3 Å². The van der Waals surface area contributed by atoms with Crippen LogP contribution in [0.5, 0.6) is 5.75 Å². The molecule has 33 heavy (non-hydrogen) atoms. The second kappa shape index (κ2) is 8.58. The number of methoxy groups -OCH3 is 2. The molecule has 0 bridgehead atoms. The van der Waals surface area contributed by atoms with Gasteiger partial charge in [0.25, 0.3) is 0 Å². The van der Waals surface area contributed by atoms with Crippen molar-refractivity contribution in [1.82, 2.24) is 0 Å². The lowest BCUT2D eigenvalue weighted by molar-refractivity contribution is -0.161. The number of benzene rings is 2. The molecule has 0 radical (unpaired) electrons. The van der Waals surface area contributed by atoms with Crippen molar-refractivity contribution in [2.45, 2.75) is 71.1 Å². The number of rotatable bonds is 5. The molecule has 0 amide bonds. The predicted octanol–water partition coefficient (Wildman–Crippen LogP) is 6.33. The summed E-state index contributed by atoms with van der Waals surface area (Å²) in [6.07, 6.45) is 4.77. The van der Waals surface area contributed by atoms with Gasteiger partial charge in [0.05, 0.1) is 25.3 Å². The van der Waals surface area contributed by atoms with Gasteiger partial charge >= 0.3 is 5.97 Å². The molecule has 2 aliphatic rings. The second-order valence-electron chi connectivity index (χ2n) is 10.5. The molecule has 0 saturated heterocycles. The van der Waals surface area contributed by atoms with Crippen molar-refractivity contribution in [3.63, 3.8) is 0 Å². The van der Waals surface area contributed by atoms with Gasteiger partial charge in [-0.05, 0) is 79.2 Å². The second-order valence-corrected chi connectivity index (χ2v) is 10.5. The average molecular weight is 451 g/mol. The van der Waals surface area contributed by atoms with E-state index in [0.717, 1.165) is 60.5 Å². The zero-order chi connectivity index (χ0) is 24.0. The molecule has 3 N–H and O–H groups in total. The van der Waals surface area contributed by atoms with Gasteiger partial charge in [-0.15, -0.1) is 0 Å². The minimum absolute atomic E-state index is 0.0824. The van der Waals surface area contributed by atoms with Crippen molar-refractivity contribution < 1.29 is 14.3 Å². The summed E-state index contributed by atoms with van der Waals surface area (Å²) in [5, 5.41) is 3.64. The fourth-order valence-electron chi connectivity index (χ4n) is 6.76. The summed E-state index contributed by atoms with van der Waals surface area (Å²) < 4.78 is 10.9. The number of fused-ring (bicyclic) bond motifs is 3. The van der Waals surface area contributed by atoms with E-state index >= 15 is 0 Å². The van der Waals surface area contributed by atoms with E-state index in [-0.39, 0.29) is 23.2 Å². The summed E-state index contributed by atoms with van der Waals surface area (Å²) in [4.78, 5) is 12.9. The smallest absolute Gasteiger partial charge is 0.311 e. The summed E-state index contributed by atoms with van der Waals surface area (Å²) in [5.74, 6) is 1.20. The standard InChI is InChI=1S/C28H38N2O3/c1-17(2)24-21(30-20-10-7-8-11-22(20)32-5)16-19-18(25(24)29)12-13-23-27(19,3)14-9-15-28(23,4)26(31)33-6/h7-8,10-11,16-17,23,30H,9,12-15,29H2,1-6H3/t23-,27-,28-/m1/s1. The monoisotopic (exact) mass is 450 g/mol. The van der Waals surface area contributed by atoms with E-state index in [0.29, 0.717) is 0 Å². The van der Waals surface area contributed by atoms with Crippen LogP contribution < -0.4 is 15.8 Å². The van der Waals surface area contributed by atoms with E-state index in [1.54, 1.807) is 7.11 Å². The highest BCUT2D eigenvalue weighted by Gasteiger charge is 2.56. The van der Waals surface area contributed by atoms with Gasteiger partial charge < -0.3 is 20.5 Å². The summed E-state index contributed by atoms with van der Waals surface area (Å²) in [6.45, 7) is 8.81. The van der Waals surface area contributed by atoms with Crippen LogP contribution >= 0.6 is 0 Å². The Bertz CT molecular complexity index is 1060. The maximum Gasteiger partial charge on any atom is 0.311 e. The zero-order valence-electron chi connectivity index (χ0n) is 20.9. The van der Waals surface area contributed by atoms with E-state index in [1.165, 1.54) is 18.2 Å². The van der Waals surface area contributed by atoms with Crippen LogP contribution in [-0.2, 0) is 21.4 Å². The summed E-state index contributed by atoms with van der Waals surface area (Å²) >= 11 is 0. The molecule has 2 aromatic carbocycles. The molecule has 0 heterocycles. The molecule has 4 rings (SSSR count). The number of ether oxygens (including phenoxy) is 2. The van der Waals surface area contributed by atoms with E-state index < -0.39 is 5.41 Å². The number of esters is 1. The fraction of sp³-hybridized carbons (Fsp3) is 0.536. The van der Waals surface area contributed by atoms with Gasteiger partial charge in [-0.1, -0.05) is 39.3 Å². The number of carbonyl (C=O) groups is 1. The zero-order valence-corrected chi connectivity index (χ0v) is 20.9. The molecule has 0 aromatic heterocycles. The summed E-state index contributed by atoms with van der Waals surface area (Å²) in [7, 11) is 3.20. The molecule has 2 aromatic rings. The number of hydrogen-bond acceptors (Lipinski definition) is 5. The molecule has 2 aliphatic carbocycles. The van der Waals surface area contributed by atoms with Crippen molar-refractivity contribution in [2.24, 2.45) is 11.3 Å². The quantitative estimate of drug-likeness (QED) is 0.411. The van der Waals surface area contributed by atoms with Gasteiger partial charge in [0.15, 0.2) is 0 Å². The molecule has 0 aliphatic heterocycles. The van der Waals surface area contributed by atoms with Gasteiger partial charge in [-0.25, -0.2) is 0 Å². The van der Waals surface area contributed by atoms with Crippen molar-refractivity contribution in [3.05, 3.63) is 47.0 Å². The maximum absolute atomic E-state index is 12.9. The fourth-order valence-corrected chi connectivity index (χ4v) is 6.76. The lowest BCUT2D eigenvalue weighted by Gasteiger charge is -2.54. The van der Waals surface area contributed by atoms with E-state index in [2.05, 4.69) is 39.1 Å². The molecule has 1 fully saturated rings. The number of hydrogen-bond donors (Lipinski definition) is 2. The van der Waals surface area contributed by atoms with Crippen LogP contribution in [0.25, 0.3) is 0 Å². The highest BCUT2D eigenvalue weighted by molar-refractivity contribution is 5.80. The highest BCUT2D eigenvalue weighted by atomic mass is 16.5. The van der Waals surface area contributed by atoms with E-state index in [4.69, 9.17) is 15.2 Å². The number of nitrogen functional groups attached to an aromatic ring is 1. The number of carbonyl (C=O) groups excluding carboxylic acids is 1. The van der Waals surface area contributed by atoms with Crippen LogP contribution in [0.15, 0.2) is 30.3 Å². The van der Waals surface area contributed by atoms with Crippen LogP contribution in [-0.4, -0.2) is 20.2 Å². The summed E-state index contributed by atoms with van der Waals surface area (Å²) in [5.41, 5.74) is 12.8. The van der Waals surface area contributed by atoms with Gasteiger partial charge in [0, 0.05) is 16.9 Å². The molecule has 3 atom stereocenters. The number of nitrogens with one attached hydrogen (secondary N) is 1. The Morgan fingerprint density at radius 2 is 1.88 bits per heavy atom. The molecule has 5 heteroatoms. The number of nitrogens with two attached hydrogens (primary N) is 1. The topological polar surface area (TPSA) is 73.6 Å². The van der Waals surface area contributed by atoms with Crippen LogP contribution in [0.3, 0.4) is 0 Å². The van der Waals surface area contributed by atoms with Crippen molar-refractivity contribution in [1.29, 1.82) is 0 Å². The molecular formula is C28H38N2O3. The third-order valence-electron chi connectivity index (χ3n) is 8.35. The van der Waals surface area contributed by atoms with Crippen LogP contribution in [0.2, 0.25) is 0 Å². The third kappa shape index (κ3) is 3.66.